The van der Waals surface area contributed by atoms with E-state index in [1.54, 1.807) is 0 Å². The number of nitrogens with zero attached hydrogens (tertiary/aromatic N) is 2. The average molecular weight is 612 g/mol. The van der Waals surface area contributed by atoms with Gasteiger partial charge in [0.2, 0.25) is 0 Å². The molecule has 2 amide bonds. The number of alkyl halides is 3. The second-order valence-electron chi connectivity index (χ2n) is 9.36. The van der Waals surface area contributed by atoms with E-state index in [2.05, 4.69) is 5.32 Å². The van der Waals surface area contributed by atoms with Crippen LogP contribution in [0.3, 0.4) is 0 Å². The average Bonchev–Trinajstić information content (AvgIpc) is 2.89. The highest BCUT2D eigenvalue weighted by atomic mass is 35.5. The third-order valence-electron chi connectivity index (χ3n) is 6.27. The molecule has 3 aromatic rings. The van der Waals surface area contributed by atoms with Gasteiger partial charge in [-0.25, -0.2) is 4.79 Å². The summed E-state index contributed by atoms with van der Waals surface area (Å²) in [5.41, 5.74) is -1.91. The fourth-order valence-electron chi connectivity index (χ4n) is 3.87. The van der Waals surface area contributed by atoms with E-state index in [0.29, 0.717) is 5.56 Å². The van der Waals surface area contributed by atoms with Gasteiger partial charge in [0.15, 0.2) is 6.61 Å². The predicted octanol–water partition coefficient (Wildman–Crippen LogP) is 4.66. The van der Waals surface area contributed by atoms with Crippen LogP contribution in [0.4, 0.5) is 13.2 Å². The number of halogens is 5. The lowest BCUT2D eigenvalue weighted by Gasteiger charge is -2.20. The molecule has 1 heterocycles. The number of rotatable bonds is 8. The number of ether oxygens (including phenoxy) is 1. The monoisotopic (exact) mass is 611 g/mol. The number of amides is 2. The molecule has 2 aromatic carbocycles. The second kappa shape index (κ2) is 12.8. The quantitative estimate of drug-likeness (QED) is 0.374. The maximum atomic E-state index is 13.8. The molecule has 0 radical (unpaired) electrons. The van der Waals surface area contributed by atoms with Crippen LogP contribution in [0.1, 0.15) is 27.2 Å². The van der Waals surface area contributed by atoms with Crippen LogP contribution in [0, 0.1) is 6.92 Å². The summed E-state index contributed by atoms with van der Waals surface area (Å²) in [6.07, 6.45) is -4.93. The Bertz CT molecular complexity index is 1520. The molecule has 1 aromatic heterocycles. The molecule has 0 unspecified atom stereocenters. The molecule has 0 aliphatic heterocycles. The lowest BCUT2D eigenvalue weighted by atomic mass is 9.97. The van der Waals surface area contributed by atoms with E-state index in [1.807, 2.05) is 0 Å². The van der Waals surface area contributed by atoms with Gasteiger partial charge in [-0.15, -0.1) is 0 Å². The van der Waals surface area contributed by atoms with Crippen LogP contribution >= 0.6 is 23.2 Å². The third kappa shape index (κ3) is 7.47. The summed E-state index contributed by atoms with van der Waals surface area (Å²) >= 11 is 12.2. The number of nitrogens with one attached hydrogen (secondary N) is 1. The Hall–Kier alpha value is -3.83. The third-order valence-corrected chi connectivity index (χ3v) is 6.90. The number of likely N-dealkylation sites (N-methyl/N-ethyl adjacent to an activating group) is 1. The number of aromatic nitrogens is 1. The molecule has 0 aliphatic carbocycles. The summed E-state index contributed by atoms with van der Waals surface area (Å²) in [6, 6.07) is 9.48. The molecule has 0 aliphatic rings. The highest BCUT2D eigenvalue weighted by Gasteiger charge is 2.36. The number of pyridine rings is 1. The number of hydrogen-bond acceptors (Lipinski definition) is 5. The first-order valence-corrected chi connectivity index (χ1v) is 12.9. The van der Waals surface area contributed by atoms with Crippen molar-refractivity contribution in [3.05, 3.63) is 91.3 Å². The topological polar surface area (TPSA) is 97.7 Å². The van der Waals surface area contributed by atoms with Gasteiger partial charge in [0.05, 0.1) is 26.7 Å². The number of esters is 1. The first-order chi connectivity index (χ1) is 19.1. The zero-order valence-electron chi connectivity index (χ0n) is 22.4. The van der Waals surface area contributed by atoms with Gasteiger partial charge in [-0.1, -0.05) is 53.5 Å². The fraction of sp³-hybridized carbons (Fsp3) is 0.286. The van der Waals surface area contributed by atoms with Crippen LogP contribution in [0.15, 0.2) is 53.3 Å². The highest BCUT2D eigenvalue weighted by molar-refractivity contribution is 6.39. The molecular formula is C28H26Cl2F3N3O5. The molecule has 0 fully saturated rings. The summed E-state index contributed by atoms with van der Waals surface area (Å²) in [5.74, 6) is -2.22. The Morgan fingerprint density at radius 1 is 1.05 bits per heavy atom. The largest absolute Gasteiger partial charge is 0.454 e. The van der Waals surface area contributed by atoms with Crippen LogP contribution in [0.25, 0.3) is 11.1 Å². The summed E-state index contributed by atoms with van der Waals surface area (Å²) in [4.78, 5) is 51.9. The van der Waals surface area contributed by atoms with Gasteiger partial charge in [-0.3, -0.25) is 14.4 Å². The van der Waals surface area contributed by atoms with Gasteiger partial charge in [0.1, 0.15) is 6.04 Å². The van der Waals surface area contributed by atoms with E-state index in [1.165, 1.54) is 75.4 Å². The van der Waals surface area contributed by atoms with Crippen molar-refractivity contribution in [3.8, 4) is 11.1 Å². The molecular weight excluding hydrogens is 586 g/mol. The molecule has 218 valence electrons. The first kappa shape index (κ1) is 31.7. The van der Waals surface area contributed by atoms with Gasteiger partial charge >= 0.3 is 12.1 Å². The summed E-state index contributed by atoms with van der Waals surface area (Å²) in [6.45, 7) is 0.819. The number of carbonyl (C=O) groups excluding carboxylic acids is 3. The van der Waals surface area contributed by atoms with Crippen molar-refractivity contribution in [2.75, 3.05) is 20.7 Å². The molecule has 41 heavy (non-hydrogen) atoms. The molecule has 13 heteroatoms. The smallest absolute Gasteiger partial charge is 0.417 e. The molecule has 3 rings (SSSR count). The summed E-state index contributed by atoms with van der Waals surface area (Å²) < 4.78 is 47.6. The normalized spacial score (nSPS) is 12.0. The maximum Gasteiger partial charge on any atom is 0.417 e. The number of benzene rings is 2. The zero-order chi connectivity index (χ0) is 30.6. The van der Waals surface area contributed by atoms with Crippen molar-refractivity contribution in [3.63, 3.8) is 0 Å². The van der Waals surface area contributed by atoms with Crippen molar-refractivity contribution < 1.29 is 32.3 Å². The summed E-state index contributed by atoms with van der Waals surface area (Å²) in [5, 5.41) is 2.58. The van der Waals surface area contributed by atoms with Crippen LogP contribution in [-0.2, 0) is 34.0 Å². The SMILES string of the molecule is Cc1cc(C(F)(F)F)c(-c2ccc(C[C@H](NC(=O)c3c(Cl)cccc3Cl)C(=O)OCC(=O)N(C)C)cc2)c(=O)n1C. The van der Waals surface area contributed by atoms with E-state index >= 15 is 0 Å². The van der Waals surface area contributed by atoms with Gasteiger partial charge in [-0.05, 0) is 36.2 Å². The van der Waals surface area contributed by atoms with Crippen molar-refractivity contribution >= 4 is 41.0 Å². The van der Waals surface area contributed by atoms with Crippen LogP contribution in [0.5, 0.6) is 0 Å². The fourth-order valence-corrected chi connectivity index (χ4v) is 4.44. The van der Waals surface area contributed by atoms with Crippen molar-refractivity contribution in [1.29, 1.82) is 0 Å². The lowest BCUT2D eigenvalue weighted by molar-refractivity contribution is -0.152. The molecule has 0 saturated carbocycles. The van der Waals surface area contributed by atoms with Gasteiger partial charge < -0.3 is 19.5 Å². The van der Waals surface area contributed by atoms with E-state index in [-0.39, 0.29) is 33.3 Å². The molecule has 0 saturated heterocycles. The zero-order valence-corrected chi connectivity index (χ0v) is 23.9. The minimum atomic E-state index is -4.77. The molecule has 8 nitrogen and oxygen atoms in total. The molecule has 1 N–H and O–H groups in total. The molecule has 0 bridgehead atoms. The van der Waals surface area contributed by atoms with Crippen LogP contribution in [-0.4, -0.2) is 54.0 Å². The van der Waals surface area contributed by atoms with Crippen molar-refractivity contribution in [1.82, 2.24) is 14.8 Å². The minimum absolute atomic E-state index is 0.0178. The Balaban J connectivity index is 1.94. The summed E-state index contributed by atoms with van der Waals surface area (Å²) in [7, 11) is 4.32. The predicted molar refractivity (Wildman–Crippen MR) is 148 cm³/mol. The van der Waals surface area contributed by atoms with E-state index < -0.39 is 53.3 Å². The Kier molecular flexibility index (Phi) is 9.88. The van der Waals surface area contributed by atoms with Crippen molar-refractivity contribution in [2.45, 2.75) is 25.6 Å². The second-order valence-corrected chi connectivity index (χ2v) is 10.2. The van der Waals surface area contributed by atoms with Gasteiger partial charge in [0.25, 0.3) is 17.4 Å². The van der Waals surface area contributed by atoms with Gasteiger partial charge in [-0.2, -0.15) is 13.2 Å². The molecule has 1 atom stereocenters. The van der Waals surface area contributed by atoms with Crippen molar-refractivity contribution in [2.24, 2.45) is 7.05 Å². The van der Waals surface area contributed by atoms with E-state index in [4.69, 9.17) is 27.9 Å². The van der Waals surface area contributed by atoms with Gasteiger partial charge in [0, 0.05) is 33.3 Å². The number of hydrogen-bond donors (Lipinski definition) is 1. The number of aryl methyl sites for hydroxylation is 1. The maximum absolute atomic E-state index is 13.8. The highest BCUT2D eigenvalue weighted by Crippen LogP contribution is 2.36. The first-order valence-electron chi connectivity index (χ1n) is 12.1. The van der Waals surface area contributed by atoms with E-state index in [9.17, 15) is 32.3 Å². The molecule has 0 spiro atoms. The minimum Gasteiger partial charge on any atom is -0.454 e. The van der Waals surface area contributed by atoms with E-state index in [0.717, 1.165) is 10.6 Å². The lowest BCUT2D eigenvalue weighted by Crippen LogP contribution is -2.44. The van der Waals surface area contributed by atoms with Crippen LogP contribution < -0.4 is 10.9 Å². The standard InChI is InChI=1S/C28H26Cl2F3N3O5/c1-15-12-18(28(31,32)33)23(26(39)36(15)4)17-10-8-16(9-11-17)13-21(27(40)41-14-22(37)35(2)3)34-25(38)24-19(29)6-5-7-20(24)30/h5-12,21H,13-14H2,1-4H3,(H,34,38)/t21-/m0/s1. The Morgan fingerprint density at radius 2 is 1.63 bits per heavy atom. The van der Waals surface area contributed by atoms with Crippen LogP contribution in [0.2, 0.25) is 10.0 Å². The number of carbonyl (C=O) groups is 3. The Morgan fingerprint density at radius 3 is 2.17 bits per heavy atom. The Labute approximate surface area is 243 Å².